The molecule has 2 aromatic heterocycles. The Morgan fingerprint density at radius 2 is 2.12 bits per heavy atom. The third-order valence-electron chi connectivity index (χ3n) is 3.54. The average Bonchev–Trinajstić information content (AvgIpc) is 3.26. The molecule has 0 aliphatic carbocycles. The Bertz CT molecular complexity index is 944. The molecule has 1 aromatic carbocycles. The van der Waals surface area contributed by atoms with Gasteiger partial charge in [-0.15, -0.1) is 0 Å². The van der Waals surface area contributed by atoms with E-state index < -0.39 is 23.3 Å². The summed E-state index contributed by atoms with van der Waals surface area (Å²) in [6, 6.07) is 6.31. The Morgan fingerprint density at radius 3 is 2.81 bits per heavy atom. The number of furan rings is 1. The molecule has 2 heterocycles. The fourth-order valence-corrected chi connectivity index (χ4v) is 2.36. The van der Waals surface area contributed by atoms with Gasteiger partial charge < -0.3 is 9.52 Å². The molecular weight excluding hydrogens is 351 g/mol. The minimum atomic E-state index is -4.45. The number of hydrogen-bond acceptors (Lipinski definition) is 5. The van der Waals surface area contributed by atoms with Crippen molar-refractivity contribution in [3.63, 3.8) is 0 Å². The molecule has 0 radical (unpaired) electrons. The van der Waals surface area contributed by atoms with Gasteiger partial charge in [-0.05, 0) is 17.7 Å². The largest absolute Gasteiger partial charge is 0.504 e. The molecule has 0 atom stereocenters. The summed E-state index contributed by atoms with van der Waals surface area (Å²) in [4.78, 5) is 16.0. The van der Waals surface area contributed by atoms with Gasteiger partial charge in [0, 0.05) is 18.1 Å². The molecule has 134 valence electrons. The van der Waals surface area contributed by atoms with Gasteiger partial charge in [0.25, 0.3) is 0 Å². The van der Waals surface area contributed by atoms with Crippen molar-refractivity contribution >= 4 is 11.5 Å². The lowest BCUT2D eigenvalue weighted by atomic mass is 10.0. The van der Waals surface area contributed by atoms with Gasteiger partial charge in [-0.2, -0.15) is 18.3 Å². The van der Waals surface area contributed by atoms with Crippen LogP contribution in [0.25, 0.3) is 5.76 Å². The van der Waals surface area contributed by atoms with E-state index in [0.29, 0.717) is 11.1 Å². The lowest BCUT2D eigenvalue weighted by Gasteiger charge is -2.08. The monoisotopic (exact) mass is 363 g/mol. The number of allylic oxidation sites excluding steroid dienone is 1. The molecule has 0 aliphatic rings. The molecule has 0 unspecified atom stereocenters. The molecule has 0 bridgehead atoms. The Hall–Kier alpha value is -3.36. The topological polar surface area (TPSA) is 92.0 Å². The number of carbonyl (C=O) groups is 1. The zero-order chi connectivity index (χ0) is 18.7. The molecule has 0 spiro atoms. The fourth-order valence-electron chi connectivity index (χ4n) is 2.36. The van der Waals surface area contributed by atoms with Crippen molar-refractivity contribution in [1.82, 2.24) is 15.2 Å². The lowest BCUT2D eigenvalue weighted by molar-refractivity contribution is -0.137. The van der Waals surface area contributed by atoms with Gasteiger partial charge in [-0.25, -0.2) is 4.98 Å². The molecule has 6 nitrogen and oxygen atoms in total. The van der Waals surface area contributed by atoms with Gasteiger partial charge in [-0.1, -0.05) is 18.2 Å². The number of aliphatic hydroxyl groups excluding tert-OH is 1. The number of hydrogen-bond donors (Lipinski definition) is 2. The minimum absolute atomic E-state index is 0.00401. The van der Waals surface area contributed by atoms with Gasteiger partial charge in [0.1, 0.15) is 6.33 Å². The molecule has 2 N–H and O–H groups in total. The van der Waals surface area contributed by atoms with Crippen LogP contribution in [0.3, 0.4) is 0 Å². The number of benzene rings is 1. The van der Waals surface area contributed by atoms with Crippen LogP contribution in [0.15, 0.2) is 53.4 Å². The SMILES string of the molecule is O=C(C=C(O)c1ncn[nH]1)c1occc1Cc1cccc(C(F)(F)F)c1. The highest BCUT2D eigenvalue weighted by atomic mass is 19.4. The van der Waals surface area contributed by atoms with Gasteiger partial charge >= 0.3 is 6.18 Å². The number of aliphatic hydroxyl groups is 1. The van der Waals surface area contributed by atoms with Crippen molar-refractivity contribution in [2.75, 3.05) is 0 Å². The molecule has 0 fully saturated rings. The van der Waals surface area contributed by atoms with Crippen LogP contribution < -0.4 is 0 Å². The number of alkyl halides is 3. The zero-order valence-corrected chi connectivity index (χ0v) is 13.1. The molecule has 0 amide bonds. The number of H-pyrrole nitrogens is 1. The zero-order valence-electron chi connectivity index (χ0n) is 13.1. The van der Waals surface area contributed by atoms with E-state index in [2.05, 4.69) is 15.2 Å². The molecular formula is C17H12F3N3O3. The Labute approximate surface area is 145 Å². The number of nitrogens with one attached hydrogen (secondary N) is 1. The number of aromatic amines is 1. The average molecular weight is 363 g/mol. The fraction of sp³-hybridized carbons (Fsp3) is 0.118. The van der Waals surface area contributed by atoms with Gasteiger partial charge in [0.05, 0.1) is 11.8 Å². The van der Waals surface area contributed by atoms with E-state index in [0.717, 1.165) is 24.5 Å². The minimum Gasteiger partial charge on any atom is -0.504 e. The highest BCUT2D eigenvalue weighted by Gasteiger charge is 2.30. The van der Waals surface area contributed by atoms with E-state index in [1.807, 2.05) is 0 Å². The van der Waals surface area contributed by atoms with Crippen LogP contribution in [0, 0.1) is 0 Å². The summed E-state index contributed by atoms with van der Waals surface area (Å²) in [6.45, 7) is 0. The number of ketones is 1. The molecule has 3 aromatic rings. The highest BCUT2D eigenvalue weighted by Crippen LogP contribution is 2.30. The van der Waals surface area contributed by atoms with Crippen LogP contribution in [0.5, 0.6) is 0 Å². The van der Waals surface area contributed by atoms with Crippen LogP contribution in [0.1, 0.15) is 33.1 Å². The van der Waals surface area contributed by atoms with E-state index in [1.54, 1.807) is 0 Å². The van der Waals surface area contributed by atoms with Crippen molar-refractivity contribution in [2.24, 2.45) is 0 Å². The normalized spacial score (nSPS) is 12.3. The number of rotatable bonds is 5. The second-order valence-electron chi connectivity index (χ2n) is 5.38. The summed E-state index contributed by atoms with van der Waals surface area (Å²) in [5.74, 6) is -1.15. The second kappa shape index (κ2) is 6.87. The number of nitrogens with zero attached hydrogens (tertiary/aromatic N) is 2. The van der Waals surface area contributed by atoms with Crippen LogP contribution in [-0.4, -0.2) is 26.1 Å². The maximum absolute atomic E-state index is 12.8. The number of aromatic nitrogens is 3. The quantitative estimate of drug-likeness (QED) is 0.409. The molecule has 0 saturated heterocycles. The molecule has 0 aliphatic heterocycles. The van der Waals surface area contributed by atoms with Crippen molar-refractivity contribution in [3.05, 3.63) is 77.3 Å². The standard InChI is InChI=1S/C17H12F3N3O3/c18-17(19,20)12-3-1-2-10(7-12)6-11-4-5-26-15(11)13(24)8-14(25)16-21-9-22-23-16/h1-5,7-9,25H,6H2,(H,21,22,23). The van der Waals surface area contributed by atoms with E-state index >= 15 is 0 Å². The highest BCUT2D eigenvalue weighted by molar-refractivity contribution is 6.06. The van der Waals surface area contributed by atoms with Gasteiger partial charge in [0.2, 0.25) is 5.78 Å². The lowest BCUT2D eigenvalue weighted by Crippen LogP contribution is -2.06. The summed E-state index contributed by atoms with van der Waals surface area (Å²) in [6.07, 6.45) is -1.06. The van der Waals surface area contributed by atoms with E-state index in [-0.39, 0.29) is 18.0 Å². The molecule has 26 heavy (non-hydrogen) atoms. The second-order valence-corrected chi connectivity index (χ2v) is 5.38. The smallest absolute Gasteiger partial charge is 0.416 e. The van der Waals surface area contributed by atoms with Crippen molar-refractivity contribution in [3.8, 4) is 0 Å². The third kappa shape index (κ3) is 3.82. The van der Waals surface area contributed by atoms with Crippen LogP contribution in [0.4, 0.5) is 13.2 Å². The maximum atomic E-state index is 12.8. The molecule has 3 rings (SSSR count). The van der Waals surface area contributed by atoms with Crippen LogP contribution >= 0.6 is 0 Å². The first-order chi connectivity index (χ1) is 12.3. The first-order valence-corrected chi connectivity index (χ1v) is 7.38. The van der Waals surface area contributed by atoms with Crippen molar-refractivity contribution in [2.45, 2.75) is 12.6 Å². The van der Waals surface area contributed by atoms with Crippen LogP contribution in [0.2, 0.25) is 0 Å². The summed E-state index contributed by atoms with van der Waals surface area (Å²) in [7, 11) is 0. The van der Waals surface area contributed by atoms with E-state index in [4.69, 9.17) is 4.42 Å². The molecule has 0 saturated carbocycles. The van der Waals surface area contributed by atoms with Gasteiger partial charge in [-0.3, -0.25) is 9.89 Å². The Morgan fingerprint density at radius 1 is 1.31 bits per heavy atom. The first-order valence-electron chi connectivity index (χ1n) is 7.38. The van der Waals surface area contributed by atoms with Gasteiger partial charge in [0.15, 0.2) is 17.3 Å². The number of carbonyl (C=O) groups excluding carboxylic acids is 1. The maximum Gasteiger partial charge on any atom is 0.416 e. The van der Waals surface area contributed by atoms with E-state index in [9.17, 15) is 23.1 Å². The van der Waals surface area contributed by atoms with Crippen molar-refractivity contribution < 1.29 is 27.5 Å². The Kier molecular flexibility index (Phi) is 4.61. The first kappa shape index (κ1) is 17.5. The predicted octanol–water partition coefficient (Wildman–Crippen LogP) is 3.79. The predicted molar refractivity (Wildman–Crippen MR) is 84.3 cm³/mol. The summed E-state index contributed by atoms with van der Waals surface area (Å²) in [5.41, 5.74) is 0.00360. The number of halogens is 3. The third-order valence-corrected chi connectivity index (χ3v) is 3.54. The Balaban J connectivity index is 1.83. The van der Waals surface area contributed by atoms with Crippen molar-refractivity contribution in [1.29, 1.82) is 0 Å². The molecule has 9 heteroatoms. The van der Waals surface area contributed by atoms with Crippen LogP contribution in [-0.2, 0) is 12.6 Å². The summed E-state index contributed by atoms with van der Waals surface area (Å²) < 4.78 is 43.6. The van der Waals surface area contributed by atoms with E-state index in [1.165, 1.54) is 24.5 Å². The summed E-state index contributed by atoms with van der Waals surface area (Å²) in [5, 5.41) is 15.8. The summed E-state index contributed by atoms with van der Waals surface area (Å²) >= 11 is 0.